The monoisotopic (exact) mass is 416 g/mol. The first kappa shape index (κ1) is 20.5. The van der Waals surface area contributed by atoms with Crippen molar-refractivity contribution in [3.63, 3.8) is 0 Å². The molecule has 2 N–H and O–H groups in total. The number of nitrogens with one attached hydrogen (secondary N) is 2. The molecule has 0 saturated carbocycles. The lowest BCUT2D eigenvalue weighted by Crippen LogP contribution is -2.27. The van der Waals surface area contributed by atoms with E-state index in [-0.39, 0.29) is 11.3 Å². The fourth-order valence-corrected chi connectivity index (χ4v) is 3.98. The minimum absolute atomic E-state index is 0.0425. The lowest BCUT2D eigenvalue weighted by atomic mass is 10.1. The van der Waals surface area contributed by atoms with Gasteiger partial charge in [0, 0.05) is 6.54 Å². The van der Waals surface area contributed by atoms with Crippen LogP contribution in [0.1, 0.15) is 15.9 Å². The summed E-state index contributed by atoms with van der Waals surface area (Å²) in [6.07, 6.45) is 0.598. The van der Waals surface area contributed by atoms with E-state index in [0.717, 1.165) is 23.8 Å². The molecule has 150 valence electrons. The number of sulfonamides is 1. The number of carbonyl (C=O) groups is 1. The average molecular weight is 416 g/mol. The van der Waals surface area contributed by atoms with Crippen molar-refractivity contribution in [2.75, 3.05) is 11.3 Å². The molecule has 3 aromatic rings. The molecular formula is C21H18F2N2O3S. The highest BCUT2D eigenvalue weighted by molar-refractivity contribution is 7.92. The molecular weight excluding hydrogens is 398 g/mol. The van der Waals surface area contributed by atoms with Gasteiger partial charge in [-0.2, -0.15) is 0 Å². The number of benzene rings is 3. The van der Waals surface area contributed by atoms with E-state index in [1.165, 1.54) is 18.2 Å². The van der Waals surface area contributed by atoms with Crippen LogP contribution in [0, 0.1) is 11.6 Å². The fraction of sp³-hybridized carbons (Fsp3) is 0.0952. The Bertz CT molecular complexity index is 1100. The van der Waals surface area contributed by atoms with Gasteiger partial charge in [0.15, 0.2) is 4.90 Å². The number of para-hydroxylation sites is 1. The maximum Gasteiger partial charge on any atom is 0.267 e. The zero-order valence-corrected chi connectivity index (χ0v) is 16.0. The predicted octanol–water partition coefficient (Wildman–Crippen LogP) is 3.74. The summed E-state index contributed by atoms with van der Waals surface area (Å²) in [7, 11) is -4.57. The van der Waals surface area contributed by atoms with Gasteiger partial charge in [0.2, 0.25) is 0 Å². The Hall–Kier alpha value is -3.26. The van der Waals surface area contributed by atoms with E-state index in [9.17, 15) is 22.0 Å². The topological polar surface area (TPSA) is 75.3 Å². The van der Waals surface area contributed by atoms with Gasteiger partial charge in [0.25, 0.3) is 15.9 Å². The SMILES string of the molecule is O=C(NCCc1ccccc1)c1ccccc1NS(=O)(=O)c1c(F)cccc1F. The maximum absolute atomic E-state index is 13.9. The molecule has 0 heterocycles. The summed E-state index contributed by atoms with van der Waals surface area (Å²) in [4.78, 5) is 11.4. The van der Waals surface area contributed by atoms with Gasteiger partial charge in [-0.25, -0.2) is 17.2 Å². The molecule has 0 aliphatic carbocycles. The van der Waals surface area contributed by atoms with E-state index in [4.69, 9.17) is 0 Å². The van der Waals surface area contributed by atoms with Crippen LogP contribution in [-0.2, 0) is 16.4 Å². The second-order valence-corrected chi connectivity index (χ2v) is 7.81. The van der Waals surface area contributed by atoms with Gasteiger partial charge in [-0.05, 0) is 36.2 Å². The van der Waals surface area contributed by atoms with Gasteiger partial charge in [0.1, 0.15) is 11.6 Å². The lowest BCUT2D eigenvalue weighted by molar-refractivity contribution is 0.0955. The van der Waals surface area contributed by atoms with Crippen molar-refractivity contribution in [3.8, 4) is 0 Å². The van der Waals surface area contributed by atoms with E-state index < -0.39 is 32.5 Å². The van der Waals surface area contributed by atoms with Gasteiger partial charge in [-0.15, -0.1) is 0 Å². The predicted molar refractivity (Wildman–Crippen MR) is 106 cm³/mol. The Morgan fingerprint density at radius 1 is 0.828 bits per heavy atom. The highest BCUT2D eigenvalue weighted by Crippen LogP contribution is 2.24. The molecule has 0 aliphatic heterocycles. The smallest absolute Gasteiger partial charge is 0.267 e. The number of rotatable bonds is 7. The normalized spacial score (nSPS) is 11.1. The van der Waals surface area contributed by atoms with Crippen molar-refractivity contribution < 1.29 is 22.0 Å². The Morgan fingerprint density at radius 2 is 1.45 bits per heavy atom. The van der Waals surface area contributed by atoms with Crippen LogP contribution < -0.4 is 10.0 Å². The molecule has 8 heteroatoms. The van der Waals surface area contributed by atoms with Gasteiger partial charge in [-0.1, -0.05) is 48.5 Å². The average Bonchev–Trinajstić information content (AvgIpc) is 2.68. The summed E-state index contributed by atoms with van der Waals surface area (Å²) in [5.41, 5.74) is 1.00. The Labute approximate surface area is 167 Å². The van der Waals surface area contributed by atoms with Crippen LogP contribution >= 0.6 is 0 Å². The van der Waals surface area contributed by atoms with Crippen LogP contribution in [-0.4, -0.2) is 20.9 Å². The molecule has 29 heavy (non-hydrogen) atoms. The van der Waals surface area contributed by atoms with Crippen LogP contribution in [0.25, 0.3) is 0 Å². The Balaban J connectivity index is 1.77. The van der Waals surface area contributed by atoms with E-state index in [1.54, 1.807) is 6.07 Å². The lowest BCUT2D eigenvalue weighted by Gasteiger charge is -2.13. The van der Waals surface area contributed by atoms with E-state index in [1.807, 2.05) is 30.3 Å². The molecule has 1 amide bonds. The molecule has 0 aliphatic rings. The second kappa shape index (κ2) is 8.83. The van der Waals surface area contributed by atoms with Crippen molar-refractivity contribution in [1.29, 1.82) is 0 Å². The third-order valence-electron chi connectivity index (χ3n) is 4.15. The van der Waals surface area contributed by atoms with Gasteiger partial charge >= 0.3 is 0 Å². The van der Waals surface area contributed by atoms with E-state index in [2.05, 4.69) is 10.0 Å². The molecule has 0 fully saturated rings. The highest BCUT2D eigenvalue weighted by atomic mass is 32.2. The van der Waals surface area contributed by atoms with Crippen LogP contribution in [0.3, 0.4) is 0 Å². The summed E-state index contributed by atoms with van der Waals surface area (Å²) in [5, 5.41) is 2.71. The van der Waals surface area contributed by atoms with E-state index >= 15 is 0 Å². The first-order chi connectivity index (χ1) is 13.9. The minimum Gasteiger partial charge on any atom is -0.352 e. The molecule has 0 radical (unpaired) electrons. The van der Waals surface area contributed by atoms with Crippen molar-refractivity contribution in [2.24, 2.45) is 0 Å². The summed E-state index contributed by atoms with van der Waals surface area (Å²) in [5.74, 6) is -2.95. The van der Waals surface area contributed by atoms with Gasteiger partial charge in [-0.3, -0.25) is 9.52 Å². The zero-order chi connectivity index (χ0) is 20.9. The summed E-state index contributed by atoms with van der Waals surface area (Å²) in [6.45, 7) is 0.339. The summed E-state index contributed by atoms with van der Waals surface area (Å²) in [6, 6.07) is 18.1. The van der Waals surface area contributed by atoms with Gasteiger partial charge in [0.05, 0.1) is 11.3 Å². The van der Waals surface area contributed by atoms with Crippen LogP contribution in [0.4, 0.5) is 14.5 Å². The second-order valence-electron chi connectivity index (χ2n) is 6.19. The van der Waals surface area contributed by atoms with Crippen molar-refractivity contribution in [3.05, 3.63) is 95.6 Å². The first-order valence-corrected chi connectivity index (χ1v) is 10.2. The summed E-state index contributed by atoms with van der Waals surface area (Å²) < 4.78 is 54.9. The number of carbonyl (C=O) groups excluding carboxylic acids is 1. The maximum atomic E-state index is 13.9. The minimum atomic E-state index is -4.57. The number of anilines is 1. The van der Waals surface area contributed by atoms with Gasteiger partial charge < -0.3 is 5.32 Å². The molecule has 5 nitrogen and oxygen atoms in total. The molecule has 0 unspecified atom stereocenters. The van der Waals surface area contributed by atoms with Crippen LogP contribution in [0.15, 0.2) is 77.7 Å². The van der Waals surface area contributed by atoms with Crippen LogP contribution in [0.2, 0.25) is 0 Å². The Kier molecular flexibility index (Phi) is 6.23. The quantitative estimate of drug-likeness (QED) is 0.616. The van der Waals surface area contributed by atoms with Crippen LogP contribution in [0.5, 0.6) is 0 Å². The number of halogens is 2. The largest absolute Gasteiger partial charge is 0.352 e. The molecule has 0 bridgehead atoms. The number of hydrogen-bond donors (Lipinski definition) is 2. The van der Waals surface area contributed by atoms with Crippen molar-refractivity contribution in [1.82, 2.24) is 5.32 Å². The van der Waals surface area contributed by atoms with Crippen molar-refractivity contribution in [2.45, 2.75) is 11.3 Å². The molecule has 3 aromatic carbocycles. The zero-order valence-electron chi connectivity index (χ0n) is 15.2. The third-order valence-corrected chi connectivity index (χ3v) is 5.56. The standard InChI is InChI=1S/C21H18F2N2O3S/c22-17-10-6-11-18(23)20(17)29(27,28)25-19-12-5-4-9-16(19)21(26)24-14-13-15-7-2-1-3-8-15/h1-12,25H,13-14H2,(H,24,26). The molecule has 0 spiro atoms. The first-order valence-electron chi connectivity index (χ1n) is 8.76. The number of hydrogen-bond acceptors (Lipinski definition) is 3. The highest BCUT2D eigenvalue weighted by Gasteiger charge is 2.25. The Morgan fingerprint density at radius 3 is 2.14 bits per heavy atom. The van der Waals surface area contributed by atoms with Crippen molar-refractivity contribution >= 4 is 21.6 Å². The molecule has 0 atom stereocenters. The number of amides is 1. The molecule has 3 rings (SSSR count). The van der Waals surface area contributed by atoms with E-state index in [0.29, 0.717) is 13.0 Å². The summed E-state index contributed by atoms with van der Waals surface area (Å²) >= 11 is 0. The third kappa shape index (κ3) is 4.97. The fourth-order valence-electron chi connectivity index (χ4n) is 2.77. The molecule has 0 saturated heterocycles. The molecule has 0 aromatic heterocycles.